The van der Waals surface area contributed by atoms with Crippen molar-refractivity contribution in [2.75, 3.05) is 5.75 Å². The van der Waals surface area contributed by atoms with Gasteiger partial charge in [-0.2, -0.15) is 0 Å². The Labute approximate surface area is 173 Å². The van der Waals surface area contributed by atoms with Gasteiger partial charge < -0.3 is 9.73 Å². The Hall–Kier alpha value is -3.52. The van der Waals surface area contributed by atoms with Crippen molar-refractivity contribution >= 4 is 26.8 Å². The van der Waals surface area contributed by atoms with Crippen LogP contribution in [0.3, 0.4) is 0 Å². The summed E-state index contributed by atoms with van der Waals surface area (Å²) in [5.41, 5.74) is 3.20. The zero-order valence-corrected chi connectivity index (χ0v) is 17.0. The Balaban J connectivity index is 1.49. The number of hydrogen-bond acceptors (Lipinski definition) is 6. The molecule has 0 spiro atoms. The van der Waals surface area contributed by atoms with Crippen LogP contribution < -0.4 is 5.32 Å². The molecule has 0 aliphatic carbocycles. The highest BCUT2D eigenvalue weighted by atomic mass is 32.2. The van der Waals surface area contributed by atoms with Gasteiger partial charge in [0.05, 0.1) is 16.2 Å². The molecular formula is C22H19N3O4S. The fourth-order valence-corrected chi connectivity index (χ4v) is 3.84. The third-order valence-corrected chi connectivity index (χ3v) is 6.41. The third-order valence-electron chi connectivity index (χ3n) is 4.68. The number of sulfone groups is 1. The fraction of sp³-hybridized carbons (Fsp3) is 0.136. The minimum Gasteiger partial charge on any atom is -0.436 e. The van der Waals surface area contributed by atoms with Gasteiger partial charge in [-0.3, -0.25) is 9.78 Å². The van der Waals surface area contributed by atoms with E-state index in [0.717, 1.165) is 11.1 Å². The molecule has 0 unspecified atom stereocenters. The standard InChI is InChI=1S/C22H19N3O4S/c1-2-30(27,28)18-9-10-20-19(12-18)25-22(29-20)16-7-5-15(6-8-16)13-24-21(26)17-4-3-11-23-14-17/h3-12,14H,2,13H2,1H3,(H,24,26). The number of fused-ring (bicyclic) bond motifs is 1. The van der Waals surface area contributed by atoms with E-state index in [-0.39, 0.29) is 16.6 Å². The highest BCUT2D eigenvalue weighted by Crippen LogP contribution is 2.26. The highest BCUT2D eigenvalue weighted by molar-refractivity contribution is 7.91. The third kappa shape index (κ3) is 4.08. The highest BCUT2D eigenvalue weighted by Gasteiger charge is 2.15. The fourth-order valence-electron chi connectivity index (χ4n) is 2.94. The van der Waals surface area contributed by atoms with Crippen molar-refractivity contribution < 1.29 is 17.6 Å². The number of carbonyl (C=O) groups is 1. The van der Waals surface area contributed by atoms with Gasteiger partial charge in [0.2, 0.25) is 5.89 Å². The lowest BCUT2D eigenvalue weighted by atomic mass is 10.1. The van der Waals surface area contributed by atoms with Crippen LogP contribution in [0.15, 0.2) is 76.3 Å². The van der Waals surface area contributed by atoms with Crippen LogP contribution in [0.25, 0.3) is 22.6 Å². The van der Waals surface area contributed by atoms with Crippen LogP contribution in [0.5, 0.6) is 0 Å². The summed E-state index contributed by atoms with van der Waals surface area (Å²) in [6.45, 7) is 1.98. The molecule has 4 aromatic rings. The zero-order chi connectivity index (χ0) is 21.1. The lowest BCUT2D eigenvalue weighted by Gasteiger charge is -2.05. The molecule has 0 atom stereocenters. The lowest BCUT2D eigenvalue weighted by Crippen LogP contribution is -2.22. The van der Waals surface area contributed by atoms with E-state index in [9.17, 15) is 13.2 Å². The summed E-state index contributed by atoms with van der Waals surface area (Å²) in [6, 6.07) is 15.5. The SMILES string of the molecule is CCS(=O)(=O)c1ccc2oc(-c3ccc(CNC(=O)c4cccnc4)cc3)nc2c1. The number of carbonyl (C=O) groups excluding carboxylic acids is 1. The van der Waals surface area contributed by atoms with E-state index in [1.807, 2.05) is 24.3 Å². The quantitative estimate of drug-likeness (QED) is 0.510. The first-order valence-corrected chi connectivity index (χ1v) is 11.0. The lowest BCUT2D eigenvalue weighted by molar-refractivity contribution is 0.0950. The van der Waals surface area contributed by atoms with Crippen molar-refractivity contribution in [3.63, 3.8) is 0 Å². The molecule has 0 bridgehead atoms. The van der Waals surface area contributed by atoms with Gasteiger partial charge in [0.15, 0.2) is 15.4 Å². The van der Waals surface area contributed by atoms with Crippen molar-refractivity contribution in [1.82, 2.24) is 15.3 Å². The average Bonchev–Trinajstić information content (AvgIpc) is 3.22. The van der Waals surface area contributed by atoms with E-state index in [1.165, 1.54) is 18.3 Å². The number of benzene rings is 2. The van der Waals surface area contributed by atoms with Gasteiger partial charge in [0.1, 0.15) is 5.52 Å². The molecule has 152 valence electrons. The number of amides is 1. The molecule has 0 aliphatic rings. The van der Waals surface area contributed by atoms with Gasteiger partial charge >= 0.3 is 0 Å². The maximum Gasteiger partial charge on any atom is 0.253 e. The Morgan fingerprint density at radius 1 is 1.10 bits per heavy atom. The zero-order valence-electron chi connectivity index (χ0n) is 16.2. The van der Waals surface area contributed by atoms with Crippen LogP contribution in [0.4, 0.5) is 0 Å². The molecule has 1 N–H and O–H groups in total. The molecular weight excluding hydrogens is 402 g/mol. The molecule has 0 aliphatic heterocycles. The smallest absolute Gasteiger partial charge is 0.253 e. The van der Waals surface area contributed by atoms with Crippen molar-refractivity contribution in [1.29, 1.82) is 0 Å². The predicted molar refractivity (Wildman–Crippen MR) is 113 cm³/mol. The van der Waals surface area contributed by atoms with Crippen molar-refractivity contribution in [2.24, 2.45) is 0 Å². The summed E-state index contributed by atoms with van der Waals surface area (Å²) in [7, 11) is -3.30. The number of oxazole rings is 1. The average molecular weight is 421 g/mol. The topological polar surface area (TPSA) is 102 Å². The van der Waals surface area contributed by atoms with Crippen LogP contribution in [0.1, 0.15) is 22.8 Å². The number of rotatable bonds is 6. The van der Waals surface area contributed by atoms with Gasteiger partial charge in [-0.15, -0.1) is 0 Å². The van der Waals surface area contributed by atoms with Crippen LogP contribution >= 0.6 is 0 Å². The molecule has 8 heteroatoms. The van der Waals surface area contributed by atoms with Gasteiger partial charge in [-0.25, -0.2) is 13.4 Å². The number of pyridine rings is 1. The molecule has 2 heterocycles. The van der Waals surface area contributed by atoms with E-state index in [0.29, 0.717) is 29.1 Å². The first-order chi connectivity index (χ1) is 14.5. The van der Waals surface area contributed by atoms with E-state index < -0.39 is 9.84 Å². The second kappa shape index (κ2) is 8.08. The van der Waals surface area contributed by atoms with E-state index in [2.05, 4.69) is 15.3 Å². The van der Waals surface area contributed by atoms with Crippen LogP contribution in [0.2, 0.25) is 0 Å². The number of nitrogens with zero attached hydrogens (tertiary/aromatic N) is 2. The van der Waals surface area contributed by atoms with Gasteiger partial charge in [0, 0.05) is 24.5 Å². The summed E-state index contributed by atoms with van der Waals surface area (Å²) < 4.78 is 29.9. The number of nitrogens with one attached hydrogen (secondary N) is 1. The van der Waals surface area contributed by atoms with E-state index >= 15 is 0 Å². The normalized spacial score (nSPS) is 11.5. The summed E-state index contributed by atoms with van der Waals surface area (Å²) in [6.07, 6.45) is 3.13. The Bertz CT molecular complexity index is 1300. The van der Waals surface area contributed by atoms with Crippen molar-refractivity contribution in [2.45, 2.75) is 18.4 Å². The molecule has 1 amide bonds. The van der Waals surface area contributed by atoms with E-state index in [4.69, 9.17) is 4.42 Å². The van der Waals surface area contributed by atoms with Crippen molar-refractivity contribution in [3.8, 4) is 11.5 Å². The molecule has 0 saturated heterocycles. The van der Waals surface area contributed by atoms with Crippen LogP contribution in [-0.4, -0.2) is 30.0 Å². The second-order valence-electron chi connectivity index (χ2n) is 6.67. The monoisotopic (exact) mass is 421 g/mol. The molecule has 0 saturated carbocycles. The van der Waals surface area contributed by atoms with E-state index in [1.54, 1.807) is 31.3 Å². The summed E-state index contributed by atoms with van der Waals surface area (Å²) in [4.78, 5) is 20.7. The minimum absolute atomic E-state index is 0.0298. The molecule has 2 aromatic carbocycles. The van der Waals surface area contributed by atoms with Crippen molar-refractivity contribution in [3.05, 3.63) is 78.1 Å². The molecule has 0 fully saturated rings. The summed E-state index contributed by atoms with van der Waals surface area (Å²) >= 11 is 0. The number of hydrogen-bond donors (Lipinski definition) is 1. The molecule has 4 rings (SSSR count). The molecule has 7 nitrogen and oxygen atoms in total. The Kier molecular flexibility index (Phi) is 5.33. The Morgan fingerprint density at radius 2 is 1.90 bits per heavy atom. The van der Waals surface area contributed by atoms with Crippen LogP contribution in [-0.2, 0) is 16.4 Å². The first kappa shape index (κ1) is 19.8. The predicted octanol–water partition coefficient (Wildman–Crippen LogP) is 3.61. The number of aromatic nitrogens is 2. The maximum absolute atomic E-state index is 12.1. The minimum atomic E-state index is -3.30. The molecule has 0 radical (unpaired) electrons. The maximum atomic E-state index is 12.1. The molecule has 30 heavy (non-hydrogen) atoms. The summed E-state index contributed by atoms with van der Waals surface area (Å²) in [5, 5.41) is 2.85. The summed E-state index contributed by atoms with van der Waals surface area (Å²) in [5.74, 6) is 0.244. The van der Waals surface area contributed by atoms with Gasteiger partial charge in [-0.05, 0) is 48.0 Å². The van der Waals surface area contributed by atoms with Gasteiger partial charge in [-0.1, -0.05) is 19.1 Å². The first-order valence-electron chi connectivity index (χ1n) is 9.37. The molecule has 2 aromatic heterocycles. The second-order valence-corrected chi connectivity index (χ2v) is 8.95. The Morgan fingerprint density at radius 3 is 2.60 bits per heavy atom. The largest absolute Gasteiger partial charge is 0.436 e. The van der Waals surface area contributed by atoms with Crippen LogP contribution in [0, 0.1) is 0 Å². The van der Waals surface area contributed by atoms with Gasteiger partial charge in [0.25, 0.3) is 5.91 Å².